The largest absolute Gasteiger partial charge is 0.375 e. The molecule has 2 rings (SSSR count). The highest BCUT2D eigenvalue weighted by Gasteiger charge is 2.07. The zero-order valence-corrected chi connectivity index (χ0v) is 14.8. The van der Waals surface area contributed by atoms with Crippen LogP contribution in [0.1, 0.15) is 6.92 Å². The number of nitrogens with zero attached hydrogens (tertiary/aromatic N) is 1. The van der Waals surface area contributed by atoms with Crippen molar-refractivity contribution in [3.63, 3.8) is 0 Å². The molecular formula is C17H17Cl2N3O2. The maximum Gasteiger partial charge on any atom is 0.243 e. The summed E-state index contributed by atoms with van der Waals surface area (Å²) in [4.78, 5) is 24.8. The molecule has 2 aromatic rings. The molecule has 2 aromatic carbocycles. The van der Waals surface area contributed by atoms with Crippen LogP contribution in [0.3, 0.4) is 0 Å². The third kappa shape index (κ3) is 4.88. The van der Waals surface area contributed by atoms with Crippen molar-refractivity contribution < 1.29 is 9.59 Å². The lowest BCUT2D eigenvalue weighted by Crippen LogP contribution is -2.23. The van der Waals surface area contributed by atoms with Crippen LogP contribution in [0.25, 0.3) is 0 Å². The molecular weight excluding hydrogens is 349 g/mol. The van der Waals surface area contributed by atoms with Gasteiger partial charge in [0, 0.05) is 30.4 Å². The highest BCUT2D eigenvalue weighted by molar-refractivity contribution is 6.35. The fourth-order valence-electron chi connectivity index (χ4n) is 1.96. The first-order valence-electron chi connectivity index (χ1n) is 7.20. The van der Waals surface area contributed by atoms with E-state index in [1.807, 2.05) is 0 Å². The van der Waals surface area contributed by atoms with Crippen molar-refractivity contribution in [2.24, 2.45) is 0 Å². The highest BCUT2D eigenvalue weighted by Crippen LogP contribution is 2.25. The Morgan fingerprint density at radius 3 is 2.38 bits per heavy atom. The second-order valence-electron chi connectivity index (χ2n) is 5.15. The summed E-state index contributed by atoms with van der Waals surface area (Å²) < 4.78 is 0. The molecule has 0 heterocycles. The topological polar surface area (TPSA) is 61.4 Å². The second kappa shape index (κ2) is 8.04. The van der Waals surface area contributed by atoms with Gasteiger partial charge in [0.25, 0.3) is 0 Å². The molecule has 0 aromatic heterocycles. The molecule has 24 heavy (non-hydrogen) atoms. The molecule has 0 radical (unpaired) electrons. The average Bonchev–Trinajstić information content (AvgIpc) is 2.55. The molecule has 0 aliphatic rings. The summed E-state index contributed by atoms with van der Waals surface area (Å²) in [6, 6.07) is 12.0. The monoisotopic (exact) mass is 365 g/mol. The maximum atomic E-state index is 12.0. The Kier molecular flexibility index (Phi) is 6.06. The number of amides is 2. The van der Waals surface area contributed by atoms with E-state index in [1.54, 1.807) is 49.5 Å². The van der Waals surface area contributed by atoms with Crippen LogP contribution in [0.15, 0.2) is 42.5 Å². The highest BCUT2D eigenvalue weighted by atomic mass is 35.5. The Hall–Kier alpha value is -2.24. The van der Waals surface area contributed by atoms with E-state index in [-0.39, 0.29) is 18.4 Å². The standard InChI is InChI=1S/C17H17Cl2N3O2/c1-11(23)22(2)14-6-4-13(5-7-14)21-17(24)10-20-16-9-12(18)3-8-15(16)19/h3-9,20H,10H2,1-2H3,(H,21,24). The van der Waals surface area contributed by atoms with Gasteiger partial charge in [0.2, 0.25) is 11.8 Å². The van der Waals surface area contributed by atoms with Gasteiger partial charge < -0.3 is 15.5 Å². The third-order valence-corrected chi connectivity index (χ3v) is 3.94. The van der Waals surface area contributed by atoms with Crippen molar-refractivity contribution in [1.29, 1.82) is 0 Å². The van der Waals surface area contributed by atoms with E-state index in [9.17, 15) is 9.59 Å². The lowest BCUT2D eigenvalue weighted by Gasteiger charge is -2.15. The van der Waals surface area contributed by atoms with Crippen molar-refractivity contribution in [3.05, 3.63) is 52.5 Å². The fourth-order valence-corrected chi connectivity index (χ4v) is 2.32. The summed E-state index contributed by atoms with van der Waals surface area (Å²) >= 11 is 11.9. The predicted molar refractivity (Wildman–Crippen MR) is 99.1 cm³/mol. The van der Waals surface area contributed by atoms with Crippen molar-refractivity contribution in [2.75, 3.05) is 29.1 Å². The van der Waals surface area contributed by atoms with Gasteiger partial charge in [0.15, 0.2) is 0 Å². The summed E-state index contributed by atoms with van der Waals surface area (Å²) in [7, 11) is 1.69. The molecule has 0 saturated carbocycles. The van der Waals surface area contributed by atoms with Gasteiger partial charge in [-0.1, -0.05) is 23.2 Å². The normalized spacial score (nSPS) is 10.2. The quantitative estimate of drug-likeness (QED) is 0.840. The number of hydrogen-bond donors (Lipinski definition) is 2. The van der Waals surface area contributed by atoms with Gasteiger partial charge in [-0.15, -0.1) is 0 Å². The molecule has 126 valence electrons. The van der Waals surface area contributed by atoms with Gasteiger partial charge in [0.1, 0.15) is 0 Å². The lowest BCUT2D eigenvalue weighted by molar-refractivity contribution is -0.116. The molecule has 0 aliphatic heterocycles. The average molecular weight is 366 g/mol. The van der Waals surface area contributed by atoms with Crippen molar-refractivity contribution >= 4 is 52.1 Å². The van der Waals surface area contributed by atoms with Gasteiger partial charge in [0.05, 0.1) is 17.3 Å². The van der Waals surface area contributed by atoms with Crippen molar-refractivity contribution in [3.8, 4) is 0 Å². The molecule has 0 spiro atoms. The first-order chi connectivity index (χ1) is 11.4. The van der Waals surface area contributed by atoms with E-state index in [0.29, 0.717) is 21.4 Å². The smallest absolute Gasteiger partial charge is 0.243 e. The minimum atomic E-state index is -0.223. The van der Waals surface area contributed by atoms with E-state index in [2.05, 4.69) is 10.6 Å². The van der Waals surface area contributed by atoms with E-state index in [0.717, 1.165) is 5.69 Å². The van der Waals surface area contributed by atoms with Crippen molar-refractivity contribution in [1.82, 2.24) is 0 Å². The molecule has 2 amide bonds. The van der Waals surface area contributed by atoms with E-state index in [1.165, 1.54) is 11.8 Å². The maximum absolute atomic E-state index is 12.0. The van der Waals surface area contributed by atoms with Crippen LogP contribution >= 0.6 is 23.2 Å². The SMILES string of the molecule is CC(=O)N(C)c1ccc(NC(=O)CNc2cc(Cl)ccc2Cl)cc1. The Balaban J connectivity index is 1.92. The molecule has 2 N–H and O–H groups in total. The van der Waals surface area contributed by atoms with Gasteiger partial charge >= 0.3 is 0 Å². The van der Waals surface area contributed by atoms with Gasteiger partial charge in [-0.05, 0) is 42.5 Å². The third-order valence-electron chi connectivity index (χ3n) is 3.38. The Morgan fingerprint density at radius 2 is 1.75 bits per heavy atom. The zero-order valence-electron chi connectivity index (χ0n) is 13.3. The number of carbonyl (C=O) groups is 2. The number of nitrogens with one attached hydrogen (secondary N) is 2. The summed E-state index contributed by atoms with van der Waals surface area (Å²) in [5.74, 6) is -0.284. The first-order valence-corrected chi connectivity index (χ1v) is 7.95. The molecule has 0 saturated heterocycles. The van der Waals surface area contributed by atoms with Gasteiger partial charge in [-0.2, -0.15) is 0 Å². The zero-order chi connectivity index (χ0) is 17.7. The van der Waals surface area contributed by atoms with Crippen LogP contribution < -0.4 is 15.5 Å². The summed E-state index contributed by atoms with van der Waals surface area (Å²) in [5.41, 5.74) is 1.99. The molecule has 7 heteroatoms. The number of halogens is 2. The van der Waals surface area contributed by atoms with E-state index in [4.69, 9.17) is 23.2 Å². The molecule has 0 bridgehead atoms. The number of anilines is 3. The lowest BCUT2D eigenvalue weighted by atomic mass is 10.2. The summed E-state index contributed by atoms with van der Waals surface area (Å²) in [6.45, 7) is 1.54. The summed E-state index contributed by atoms with van der Waals surface area (Å²) in [5, 5.41) is 6.72. The fraction of sp³-hybridized carbons (Fsp3) is 0.176. The van der Waals surface area contributed by atoms with Crippen LogP contribution in [0.2, 0.25) is 10.0 Å². The van der Waals surface area contributed by atoms with E-state index >= 15 is 0 Å². The van der Waals surface area contributed by atoms with Crippen LogP contribution in [0, 0.1) is 0 Å². The number of rotatable bonds is 5. The van der Waals surface area contributed by atoms with Crippen LogP contribution in [0.5, 0.6) is 0 Å². The number of hydrogen-bond acceptors (Lipinski definition) is 3. The molecule has 0 aliphatic carbocycles. The Labute approximate surface area is 150 Å². The van der Waals surface area contributed by atoms with Crippen LogP contribution in [-0.2, 0) is 9.59 Å². The Morgan fingerprint density at radius 1 is 1.08 bits per heavy atom. The van der Waals surface area contributed by atoms with E-state index < -0.39 is 0 Å². The predicted octanol–water partition coefficient (Wildman–Crippen LogP) is 4.03. The van der Waals surface area contributed by atoms with Crippen LogP contribution in [0.4, 0.5) is 17.1 Å². The Bertz CT molecular complexity index is 748. The molecule has 0 atom stereocenters. The molecule has 0 fully saturated rings. The minimum absolute atomic E-state index is 0.0508. The van der Waals surface area contributed by atoms with Gasteiger partial charge in [-0.3, -0.25) is 9.59 Å². The molecule has 0 unspecified atom stereocenters. The minimum Gasteiger partial charge on any atom is -0.375 e. The number of carbonyl (C=O) groups excluding carboxylic acids is 2. The molecule has 5 nitrogen and oxygen atoms in total. The summed E-state index contributed by atoms with van der Waals surface area (Å²) in [6.07, 6.45) is 0. The second-order valence-corrected chi connectivity index (χ2v) is 5.99. The number of benzene rings is 2. The first kappa shape index (κ1) is 18.1. The van der Waals surface area contributed by atoms with Crippen LogP contribution in [-0.4, -0.2) is 25.4 Å². The van der Waals surface area contributed by atoms with Crippen molar-refractivity contribution in [2.45, 2.75) is 6.92 Å². The van der Waals surface area contributed by atoms with Gasteiger partial charge in [-0.25, -0.2) is 0 Å².